The van der Waals surface area contributed by atoms with E-state index in [4.69, 9.17) is 4.52 Å². The van der Waals surface area contributed by atoms with Crippen molar-refractivity contribution in [3.8, 4) is 0 Å². The number of hydrogen-bond acceptors (Lipinski definition) is 4. The smallest absolute Gasteiger partial charge is 0.226 e. The Hall–Kier alpha value is -1.68. The Morgan fingerprint density at radius 2 is 2.17 bits per heavy atom. The molecule has 0 amide bonds. The summed E-state index contributed by atoms with van der Waals surface area (Å²) in [6.07, 6.45) is 2.85. The van der Waals surface area contributed by atoms with Crippen LogP contribution in [0.4, 0.5) is 0 Å². The standard InChI is InChI=1S/C14H17N3O/c1-2-4-11(5-3-1)8-13-16-14(18-17-13)9-12-6-7-15-10-12/h1-5,12,15H,6-10H2. The summed E-state index contributed by atoms with van der Waals surface area (Å²) in [6.45, 7) is 2.17. The van der Waals surface area contributed by atoms with E-state index in [2.05, 4.69) is 27.6 Å². The highest BCUT2D eigenvalue weighted by molar-refractivity contribution is 5.18. The molecule has 0 aliphatic carbocycles. The summed E-state index contributed by atoms with van der Waals surface area (Å²) in [6, 6.07) is 10.2. The van der Waals surface area contributed by atoms with Crippen molar-refractivity contribution in [1.29, 1.82) is 0 Å². The Kier molecular flexibility index (Phi) is 3.37. The Morgan fingerprint density at radius 1 is 1.28 bits per heavy atom. The topological polar surface area (TPSA) is 51.0 Å². The zero-order chi connectivity index (χ0) is 12.2. The molecule has 1 atom stereocenters. The van der Waals surface area contributed by atoms with Gasteiger partial charge in [-0.25, -0.2) is 0 Å². The van der Waals surface area contributed by atoms with Crippen LogP contribution in [0.2, 0.25) is 0 Å². The van der Waals surface area contributed by atoms with Gasteiger partial charge in [0.2, 0.25) is 5.89 Å². The summed E-state index contributed by atoms with van der Waals surface area (Å²) < 4.78 is 5.31. The molecule has 1 saturated heterocycles. The van der Waals surface area contributed by atoms with Crippen LogP contribution in [0, 0.1) is 5.92 Å². The second kappa shape index (κ2) is 5.31. The maximum Gasteiger partial charge on any atom is 0.226 e. The summed E-state index contributed by atoms with van der Waals surface area (Å²) in [5.41, 5.74) is 1.22. The highest BCUT2D eigenvalue weighted by Crippen LogP contribution is 2.14. The van der Waals surface area contributed by atoms with Crippen LogP contribution in [0.15, 0.2) is 34.9 Å². The lowest BCUT2D eigenvalue weighted by Crippen LogP contribution is -2.10. The summed E-state index contributed by atoms with van der Waals surface area (Å²) >= 11 is 0. The number of benzene rings is 1. The lowest BCUT2D eigenvalue weighted by molar-refractivity contribution is 0.354. The van der Waals surface area contributed by atoms with E-state index in [0.29, 0.717) is 5.92 Å². The minimum atomic E-state index is 0.648. The number of nitrogens with zero attached hydrogens (tertiary/aromatic N) is 2. The van der Waals surface area contributed by atoms with Crippen molar-refractivity contribution in [2.75, 3.05) is 13.1 Å². The van der Waals surface area contributed by atoms with Gasteiger partial charge in [0.1, 0.15) is 0 Å². The van der Waals surface area contributed by atoms with E-state index < -0.39 is 0 Å². The van der Waals surface area contributed by atoms with E-state index in [1.165, 1.54) is 12.0 Å². The van der Waals surface area contributed by atoms with Gasteiger partial charge < -0.3 is 9.84 Å². The average Bonchev–Trinajstić information content (AvgIpc) is 3.03. The molecule has 2 heterocycles. The molecule has 1 aliphatic heterocycles. The van der Waals surface area contributed by atoms with Crippen LogP contribution in [-0.4, -0.2) is 23.2 Å². The van der Waals surface area contributed by atoms with Crippen molar-refractivity contribution in [2.45, 2.75) is 19.3 Å². The quantitative estimate of drug-likeness (QED) is 0.889. The Balaban J connectivity index is 1.62. The van der Waals surface area contributed by atoms with E-state index in [-0.39, 0.29) is 0 Å². The van der Waals surface area contributed by atoms with Gasteiger partial charge in [0.25, 0.3) is 0 Å². The van der Waals surface area contributed by atoms with Crippen molar-refractivity contribution in [3.05, 3.63) is 47.6 Å². The third kappa shape index (κ3) is 2.76. The summed E-state index contributed by atoms with van der Waals surface area (Å²) in [4.78, 5) is 4.46. The van der Waals surface area contributed by atoms with Gasteiger partial charge in [0, 0.05) is 12.8 Å². The van der Waals surface area contributed by atoms with Crippen molar-refractivity contribution in [1.82, 2.24) is 15.5 Å². The SMILES string of the molecule is c1ccc(Cc2noc(CC3CCNC3)n2)cc1. The van der Waals surface area contributed by atoms with Crippen LogP contribution in [0.25, 0.3) is 0 Å². The first-order valence-electron chi connectivity index (χ1n) is 6.46. The molecule has 94 valence electrons. The summed E-state index contributed by atoms with van der Waals surface area (Å²) in [7, 11) is 0. The monoisotopic (exact) mass is 243 g/mol. The van der Waals surface area contributed by atoms with Crippen molar-refractivity contribution >= 4 is 0 Å². The van der Waals surface area contributed by atoms with Gasteiger partial charge in [-0.05, 0) is 31.0 Å². The molecule has 1 aromatic heterocycles. The van der Waals surface area contributed by atoms with Crippen LogP contribution >= 0.6 is 0 Å². The average molecular weight is 243 g/mol. The van der Waals surface area contributed by atoms with Gasteiger partial charge in [0.15, 0.2) is 5.82 Å². The fourth-order valence-corrected chi connectivity index (χ4v) is 2.36. The van der Waals surface area contributed by atoms with E-state index in [1.54, 1.807) is 0 Å². The third-order valence-corrected chi connectivity index (χ3v) is 3.34. The number of rotatable bonds is 4. The first-order chi connectivity index (χ1) is 8.90. The normalized spacial score (nSPS) is 19.2. The third-order valence-electron chi connectivity index (χ3n) is 3.34. The molecule has 0 spiro atoms. The van der Waals surface area contributed by atoms with Gasteiger partial charge >= 0.3 is 0 Å². The maximum absolute atomic E-state index is 5.31. The molecule has 18 heavy (non-hydrogen) atoms. The molecule has 2 aromatic rings. The van der Waals surface area contributed by atoms with Gasteiger partial charge in [-0.15, -0.1) is 0 Å². The predicted octanol–water partition coefficient (Wildman–Crippen LogP) is 1.81. The molecule has 0 radical (unpaired) electrons. The molecule has 1 fully saturated rings. The van der Waals surface area contributed by atoms with Crippen molar-refractivity contribution < 1.29 is 4.52 Å². The van der Waals surface area contributed by atoms with Crippen LogP contribution in [0.3, 0.4) is 0 Å². The van der Waals surface area contributed by atoms with E-state index in [1.807, 2.05) is 18.2 Å². The molecular weight excluding hydrogens is 226 g/mol. The highest BCUT2D eigenvalue weighted by atomic mass is 16.5. The second-order valence-corrected chi connectivity index (χ2v) is 4.83. The second-order valence-electron chi connectivity index (χ2n) is 4.83. The lowest BCUT2D eigenvalue weighted by atomic mass is 10.1. The van der Waals surface area contributed by atoms with Crippen LogP contribution in [-0.2, 0) is 12.8 Å². The maximum atomic E-state index is 5.31. The fourth-order valence-electron chi connectivity index (χ4n) is 2.36. The van der Waals surface area contributed by atoms with Gasteiger partial charge in [-0.2, -0.15) is 4.98 Å². The number of aromatic nitrogens is 2. The molecule has 0 bridgehead atoms. The minimum absolute atomic E-state index is 0.648. The first-order valence-corrected chi connectivity index (χ1v) is 6.46. The zero-order valence-electron chi connectivity index (χ0n) is 10.3. The molecule has 3 rings (SSSR count). The molecule has 0 saturated carbocycles. The summed E-state index contributed by atoms with van der Waals surface area (Å²) in [5, 5.41) is 7.40. The molecule has 4 nitrogen and oxygen atoms in total. The van der Waals surface area contributed by atoms with Gasteiger partial charge in [-0.1, -0.05) is 35.5 Å². The Bertz CT molecular complexity index is 489. The molecular formula is C14H17N3O. The molecule has 1 aliphatic rings. The molecule has 1 unspecified atom stereocenters. The largest absolute Gasteiger partial charge is 0.339 e. The van der Waals surface area contributed by atoms with Crippen molar-refractivity contribution in [2.24, 2.45) is 5.92 Å². The van der Waals surface area contributed by atoms with Crippen molar-refractivity contribution in [3.63, 3.8) is 0 Å². The molecule has 1 aromatic carbocycles. The van der Waals surface area contributed by atoms with Gasteiger partial charge in [0.05, 0.1) is 0 Å². The lowest BCUT2D eigenvalue weighted by Gasteiger charge is -2.01. The number of nitrogens with one attached hydrogen (secondary N) is 1. The zero-order valence-corrected chi connectivity index (χ0v) is 10.3. The Morgan fingerprint density at radius 3 is 2.94 bits per heavy atom. The first kappa shape index (κ1) is 11.4. The van der Waals surface area contributed by atoms with Crippen LogP contribution in [0.1, 0.15) is 23.7 Å². The van der Waals surface area contributed by atoms with E-state index >= 15 is 0 Å². The summed E-state index contributed by atoms with van der Waals surface area (Å²) in [5.74, 6) is 2.20. The molecule has 1 N–H and O–H groups in total. The van der Waals surface area contributed by atoms with E-state index in [9.17, 15) is 0 Å². The fraction of sp³-hybridized carbons (Fsp3) is 0.429. The highest BCUT2D eigenvalue weighted by Gasteiger charge is 2.18. The number of hydrogen-bond donors (Lipinski definition) is 1. The van der Waals surface area contributed by atoms with Crippen LogP contribution < -0.4 is 5.32 Å². The minimum Gasteiger partial charge on any atom is -0.339 e. The van der Waals surface area contributed by atoms with Crippen LogP contribution in [0.5, 0.6) is 0 Å². The molecule has 4 heteroatoms. The Labute approximate surface area is 106 Å². The van der Waals surface area contributed by atoms with Gasteiger partial charge in [-0.3, -0.25) is 0 Å². The van der Waals surface area contributed by atoms with E-state index in [0.717, 1.165) is 37.6 Å². The predicted molar refractivity (Wildman–Crippen MR) is 68.2 cm³/mol.